The number of esters is 1. The van der Waals surface area contributed by atoms with Crippen LogP contribution in [0.4, 0.5) is 22.0 Å². The van der Waals surface area contributed by atoms with Crippen molar-refractivity contribution in [3.05, 3.63) is 22.9 Å². The number of hydrogen-bond acceptors (Lipinski definition) is 4. The molecule has 0 aliphatic heterocycles. The monoisotopic (exact) mass is 285 g/mol. The molecule has 0 saturated carbocycles. The first-order valence-electron chi connectivity index (χ1n) is 4.75. The molecule has 0 saturated heterocycles. The number of alkyl halides is 5. The van der Waals surface area contributed by atoms with Gasteiger partial charge < -0.3 is 9.47 Å². The third kappa shape index (κ3) is 3.09. The van der Waals surface area contributed by atoms with E-state index in [-0.39, 0.29) is 0 Å². The highest BCUT2D eigenvalue weighted by molar-refractivity contribution is 5.92. The zero-order chi connectivity index (χ0) is 14.8. The molecule has 0 fully saturated rings. The van der Waals surface area contributed by atoms with E-state index in [0.29, 0.717) is 6.07 Å². The lowest BCUT2D eigenvalue weighted by atomic mass is 10.1. The number of halogens is 5. The van der Waals surface area contributed by atoms with Gasteiger partial charge in [-0.05, 0) is 6.07 Å². The average molecular weight is 285 g/mol. The lowest BCUT2D eigenvalue weighted by Gasteiger charge is -2.15. The number of nitrogens with zero attached hydrogens (tertiary/aromatic N) is 1. The summed E-state index contributed by atoms with van der Waals surface area (Å²) >= 11 is 0. The zero-order valence-electron chi connectivity index (χ0n) is 9.72. The minimum Gasteiger partial charge on any atom is -0.481 e. The molecule has 1 heterocycles. The lowest BCUT2D eigenvalue weighted by Crippen LogP contribution is -2.18. The number of carbonyl (C=O) groups excluding carboxylic acids is 1. The van der Waals surface area contributed by atoms with Crippen LogP contribution in [0.5, 0.6) is 5.88 Å². The van der Waals surface area contributed by atoms with Crippen molar-refractivity contribution in [1.29, 1.82) is 0 Å². The normalized spacial score (nSPS) is 11.6. The highest BCUT2D eigenvalue weighted by atomic mass is 19.4. The van der Waals surface area contributed by atoms with E-state index in [1.54, 1.807) is 0 Å². The summed E-state index contributed by atoms with van der Waals surface area (Å²) in [5.41, 5.74) is -3.63. The maximum Gasteiger partial charge on any atom is 0.422 e. The van der Waals surface area contributed by atoms with E-state index in [9.17, 15) is 26.7 Å². The summed E-state index contributed by atoms with van der Waals surface area (Å²) in [7, 11) is 1.66. The van der Waals surface area contributed by atoms with Crippen LogP contribution >= 0.6 is 0 Å². The van der Waals surface area contributed by atoms with Gasteiger partial charge >= 0.3 is 12.1 Å². The van der Waals surface area contributed by atoms with Gasteiger partial charge in [-0.2, -0.15) is 13.2 Å². The van der Waals surface area contributed by atoms with Crippen LogP contribution in [-0.4, -0.2) is 25.2 Å². The van der Waals surface area contributed by atoms with Gasteiger partial charge in [0.15, 0.2) is 0 Å². The maximum absolute atomic E-state index is 12.8. The van der Waals surface area contributed by atoms with Gasteiger partial charge in [0.2, 0.25) is 5.88 Å². The first-order valence-corrected chi connectivity index (χ1v) is 4.75. The minimum atomic E-state index is -5.00. The van der Waals surface area contributed by atoms with Crippen molar-refractivity contribution in [2.75, 3.05) is 14.2 Å². The SMILES string of the molecule is COC(=O)c1cc(C(F)F)nc(OC)c1C(F)(F)F. The predicted octanol–water partition coefficient (Wildman–Crippen LogP) is 2.83. The fourth-order valence-corrected chi connectivity index (χ4v) is 1.35. The molecule has 0 aromatic carbocycles. The van der Waals surface area contributed by atoms with Gasteiger partial charge in [0, 0.05) is 0 Å². The second-order valence-electron chi connectivity index (χ2n) is 3.27. The zero-order valence-corrected chi connectivity index (χ0v) is 9.72. The van der Waals surface area contributed by atoms with Gasteiger partial charge in [-0.1, -0.05) is 0 Å². The van der Waals surface area contributed by atoms with Crippen molar-refractivity contribution in [3.63, 3.8) is 0 Å². The molecule has 9 heteroatoms. The Bertz CT molecular complexity index is 487. The summed E-state index contributed by atoms with van der Waals surface area (Å²) in [6.45, 7) is 0. The molecule has 0 bridgehead atoms. The van der Waals surface area contributed by atoms with E-state index in [4.69, 9.17) is 0 Å². The van der Waals surface area contributed by atoms with Crippen LogP contribution in [0.2, 0.25) is 0 Å². The summed E-state index contributed by atoms with van der Waals surface area (Å²) in [5.74, 6) is -2.51. The molecule has 106 valence electrons. The van der Waals surface area contributed by atoms with Crippen LogP contribution in [-0.2, 0) is 10.9 Å². The Kier molecular flexibility index (Phi) is 4.28. The van der Waals surface area contributed by atoms with Gasteiger partial charge in [-0.3, -0.25) is 0 Å². The molecule has 0 amide bonds. The number of rotatable bonds is 3. The first kappa shape index (κ1) is 15.1. The molecular weight excluding hydrogens is 277 g/mol. The van der Waals surface area contributed by atoms with Gasteiger partial charge in [-0.25, -0.2) is 18.6 Å². The van der Waals surface area contributed by atoms with E-state index in [1.165, 1.54) is 0 Å². The first-order chi connectivity index (χ1) is 8.72. The molecule has 1 rings (SSSR count). The van der Waals surface area contributed by atoms with Crippen molar-refractivity contribution in [2.24, 2.45) is 0 Å². The van der Waals surface area contributed by atoms with E-state index < -0.39 is 41.3 Å². The molecule has 0 aliphatic carbocycles. The lowest BCUT2D eigenvalue weighted by molar-refractivity contribution is -0.139. The van der Waals surface area contributed by atoms with Crippen molar-refractivity contribution < 1.29 is 36.2 Å². The van der Waals surface area contributed by atoms with Crippen molar-refractivity contribution in [1.82, 2.24) is 4.98 Å². The average Bonchev–Trinajstić information content (AvgIpc) is 2.34. The summed E-state index contributed by atoms with van der Waals surface area (Å²) in [6, 6.07) is 0.335. The molecule has 0 atom stereocenters. The predicted molar refractivity (Wildman–Crippen MR) is 52.1 cm³/mol. The molecule has 4 nitrogen and oxygen atoms in total. The highest BCUT2D eigenvalue weighted by Crippen LogP contribution is 2.39. The number of carbonyl (C=O) groups is 1. The van der Waals surface area contributed by atoms with Crippen LogP contribution < -0.4 is 4.74 Å². The summed E-state index contributed by atoms with van der Waals surface area (Å²) in [5, 5.41) is 0. The van der Waals surface area contributed by atoms with Crippen LogP contribution in [0.1, 0.15) is 28.0 Å². The number of pyridine rings is 1. The Hall–Kier alpha value is -1.93. The van der Waals surface area contributed by atoms with Crippen molar-refractivity contribution in [3.8, 4) is 5.88 Å². The van der Waals surface area contributed by atoms with E-state index in [2.05, 4.69) is 14.5 Å². The summed E-state index contributed by atoms with van der Waals surface area (Å²) < 4.78 is 71.9. The van der Waals surface area contributed by atoms with Gasteiger partial charge in [0.1, 0.15) is 11.3 Å². The third-order valence-corrected chi connectivity index (χ3v) is 2.11. The Morgan fingerprint density at radius 3 is 2.26 bits per heavy atom. The maximum atomic E-state index is 12.8. The van der Waals surface area contributed by atoms with Crippen LogP contribution in [0.25, 0.3) is 0 Å². The molecule has 0 spiro atoms. The molecule has 1 aromatic rings. The molecule has 0 radical (unpaired) electrons. The van der Waals surface area contributed by atoms with E-state index >= 15 is 0 Å². The Balaban J connectivity index is 3.62. The minimum absolute atomic E-state index is 0.335. The Morgan fingerprint density at radius 2 is 1.89 bits per heavy atom. The van der Waals surface area contributed by atoms with Crippen molar-refractivity contribution >= 4 is 5.97 Å². The fourth-order valence-electron chi connectivity index (χ4n) is 1.35. The number of aromatic nitrogens is 1. The smallest absolute Gasteiger partial charge is 0.422 e. The fraction of sp³-hybridized carbons (Fsp3) is 0.400. The molecule has 1 aromatic heterocycles. The topological polar surface area (TPSA) is 48.4 Å². The third-order valence-electron chi connectivity index (χ3n) is 2.11. The van der Waals surface area contributed by atoms with Crippen LogP contribution in [0.15, 0.2) is 6.07 Å². The summed E-state index contributed by atoms with van der Waals surface area (Å²) in [6.07, 6.45) is -8.15. The van der Waals surface area contributed by atoms with Gasteiger partial charge in [0.25, 0.3) is 6.43 Å². The highest BCUT2D eigenvalue weighted by Gasteiger charge is 2.41. The van der Waals surface area contributed by atoms with E-state index in [0.717, 1.165) is 14.2 Å². The Morgan fingerprint density at radius 1 is 1.32 bits per heavy atom. The molecule has 19 heavy (non-hydrogen) atoms. The molecule has 0 aliphatic rings. The molecular formula is C10H8F5NO3. The quantitative estimate of drug-likeness (QED) is 0.633. The number of hydrogen-bond donors (Lipinski definition) is 0. The standard InChI is InChI=1S/C10H8F5NO3/c1-18-8-6(10(13,14)15)4(9(17)19-2)3-5(16-8)7(11)12/h3,7H,1-2H3. The van der Waals surface area contributed by atoms with Gasteiger partial charge in [0.05, 0.1) is 19.8 Å². The van der Waals surface area contributed by atoms with Crippen LogP contribution in [0.3, 0.4) is 0 Å². The van der Waals surface area contributed by atoms with E-state index in [1.807, 2.05) is 0 Å². The Labute approximate surface area is 104 Å². The summed E-state index contributed by atoms with van der Waals surface area (Å²) in [4.78, 5) is 14.3. The second kappa shape index (κ2) is 5.37. The van der Waals surface area contributed by atoms with Gasteiger partial charge in [-0.15, -0.1) is 0 Å². The molecule has 0 unspecified atom stereocenters. The largest absolute Gasteiger partial charge is 0.481 e. The second-order valence-corrected chi connectivity index (χ2v) is 3.27. The van der Waals surface area contributed by atoms with Crippen LogP contribution in [0, 0.1) is 0 Å². The number of ether oxygens (including phenoxy) is 2. The number of methoxy groups -OCH3 is 2. The van der Waals surface area contributed by atoms with Crippen molar-refractivity contribution in [2.45, 2.75) is 12.6 Å². The molecule has 0 N–H and O–H groups in total.